The zero-order valence-corrected chi connectivity index (χ0v) is 14.0. The van der Waals surface area contributed by atoms with E-state index < -0.39 is 0 Å². The Morgan fingerprint density at radius 3 is 2.92 bits per heavy atom. The highest BCUT2D eigenvalue weighted by molar-refractivity contribution is 7.13. The van der Waals surface area contributed by atoms with Crippen molar-refractivity contribution in [2.24, 2.45) is 5.92 Å². The van der Waals surface area contributed by atoms with E-state index in [1.165, 1.54) is 11.3 Å². The topological polar surface area (TPSA) is 64.1 Å². The van der Waals surface area contributed by atoms with Gasteiger partial charge in [0.15, 0.2) is 5.13 Å². The Morgan fingerprint density at radius 1 is 1.29 bits per heavy atom. The number of benzene rings is 1. The summed E-state index contributed by atoms with van der Waals surface area (Å²) in [4.78, 5) is 20.9. The Kier molecular flexibility index (Phi) is 3.90. The Hall–Kier alpha value is -2.47. The predicted octanol–water partition coefficient (Wildman–Crippen LogP) is 3.80. The van der Waals surface area contributed by atoms with E-state index >= 15 is 0 Å². The van der Waals surface area contributed by atoms with Crippen molar-refractivity contribution in [3.63, 3.8) is 0 Å². The number of amides is 1. The van der Waals surface area contributed by atoms with Crippen LogP contribution in [-0.2, 0) is 4.79 Å². The van der Waals surface area contributed by atoms with Crippen LogP contribution in [0.1, 0.15) is 18.5 Å². The Labute approximate surface area is 143 Å². The van der Waals surface area contributed by atoms with E-state index in [2.05, 4.69) is 15.3 Å². The van der Waals surface area contributed by atoms with E-state index in [9.17, 15) is 4.79 Å². The highest BCUT2D eigenvalue weighted by atomic mass is 32.1. The molecule has 2 aromatic heterocycles. The summed E-state index contributed by atoms with van der Waals surface area (Å²) in [5.41, 5.74) is 1.79. The second-order valence-corrected chi connectivity index (χ2v) is 6.88. The van der Waals surface area contributed by atoms with Crippen LogP contribution in [0.2, 0.25) is 0 Å². The van der Waals surface area contributed by atoms with Crippen LogP contribution in [0, 0.1) is 12.8 Å². The molecule has 0 radical (unpaired) electrons. The van der Waals surface area contributed by atoms with Gasteiger partial charge in [-0.05, 0) is 31.9 Å². The highest BCUT2D eigenvalue weighted by Crippen LogP contribution is 2.34. The molecule has 122 valence electrons. The number of thiazole rings is 1. The molecule has 3 aromatic rings. The van der Waals surface area contributed by atoms with Gasteiger partial charge < -0.3 is 10.1 Å². The highest BCUT2D eigenvalue weighted by Gasteiger charge is 2.36. The molecule has 1 N–H and O–H groups in total. The summed E-state index contributed by atoms with van der Waals surface area (Å²) >= 11 is 1.45. The Bertz CT molecular complexity index is 881. The van der Waals surface area contributed by atoms with Crippen LogP contribution in [-0.4, -0.2) is 22.0 Å². The van der Waals surface area contributed by atoms with Crippen molar-refractivity contribution in [2.75, 3.05) is 5.32 Å². The molecule has 2 heterocycles. The average molecular weight is 339 g/mol. The zero-order valence-electron chi connectivity index (χ0n) is 13.2. The molecule has 0 unspecified atom stereocenters. The molecular formula is C18H17N3O2S. The molecule has 1 fully saturated rings. The van der Waals surface area contributed by atoms with Gasteiger partial charge in [-0.1, -0.05) is 18.2 Å². The first kappa shape index (κ1) is 15.1. The first-order chi connectivity index (χ1) is 11.7. The number of carbonyl (C=O) groups excluding carboxylic acids is 1. The van der Waals surface area contributed by atoms with Gasteiger partial charge in [0.25, 0.3) is 0 Å². The van der Waals surface area contributed by atoms with Crippen molar-refractivity contribution in [1.29, 1.82) is 0 Å². The average Bonchev–Trinajstić information content (AvgIpc) is 2.95. The maximum atomic E-state index is 12.2. The van der Waals surface area contributed by atoms with Gasteiger partial charge in [-0.15, -0.1) is 11.3 Å². The van der Waals surface area contributed by atoms with E-state index in [4.69, 9.17) is 4.74 Å². The van der Waals surface area contributed by atoms with Crippen LogP contribution in [0.25, 0.3) is 10.9 Å². The predicted molar refractivity (Wildman–Crippen MR) is 94.4 cm³/mol. The number of nitrogens with zero attached hydrogens (tertiary/aromatic N) is 2. The second-order valence-electron chi connectivity index (χ2n) is 6.02. The van der Waals surface area contributed by atoms with Gasteiger partial charge in [0.2, 0.25) is 5.91 Å². The third-order valence-corrected chi connectivity index (χ3v) is 5.08. The lowest BCUT2D eigenvalue weighted by molar-refractivity contribution is -0.125. The molecule has 6 heteroatoms. The van der Waals surface area contributed by atoms with Gasteiger partial charge >= 0.3 is 0 Å². The zero-order chi connectivity index (χ0) is 16.5. The minimum Gasteiger partial charge on any atom is -0.488 e. The molecule has 1 aliphatic rings. The second kappa shape index (κ2) is 6.20. The van der Waals surface area contributed by atoms with Gasteiger partial charge in [0.05, 0.1) is 5.69 Å². The molecule has 1 amide bonds. The van der Waals surface area contributed by atoms with Crippen LogP contribution in [0.5, 0.6) is 5.75 Å². The molecule has 1 saturated carbocycles. The largest absolute Gasteiger partial charge is 0.488 e. The van der Waals surface area contributed by atoms with Crippen molar-refractivity contribution < 1.29 is 9.53 Å². The van der Waals surface area contributed by atoms with Crippen LogP contribution >= 0.6 is 11.3 Å². The summed E-state index contributed by atoms with van der Waals surface area (Å²) in [6.45, 7) is 1.91. The standard InChI is InChI=1S/C18H17N3O2S/c1-11-10-24-18(20-11)21-17(22)13-8-14(9-13)23-15-6-2-4-12-5-3-7-19-16(12)15/h2-7,10,13-14H,8-9H2,1H3,(H,20,21,22). The lowest BCUT2D eigenvalue weighted by Crippen LogP contribution is -2.40. The van der Waals surface area contributed by atoms with Gasteiger partial charge in [-0.2, -0.15) is 0 Å². The third-order valence-electron chi connectivity index (χ3n) is 4.20. The van der Waals surface area contributed by atoms with Crippen LogP contribution in [0.4, 0.5) is 5.13 Å². The summed E-state index contributed by atoms with van der Waals surface area (Å²) in [5, 5.41) is 6.53. The van der Waals surface area contributed by atoms with Gasteiger partial charge in [-0.3, -0.25) is 9.78 Å². The van der Waals surface area contributed by atoms with Gasteiger partial charge in [-0.25, -0.2) is 4.98 Å². The lowest BCUT2D eigenvalue weighted by atomic mass is 9.81. The Balaban J connectivity index is 1.36. The third kappa shape index (κ3) is 2.97. The summed E-state index contributed by atoms with van der Waals surface area (Å²) in [7, 11) is 0. The number of hydrogen-bond donors (Lipinski definition) is 1. The number of aromatic nitrogens is 2. The van der Waals surface area contributed by atoms with Crippen molar-refractivity contribution in [2.45, 2.75) is 25.9 Å². The summed E-state index contributed by atoms with van der Waals surface area (Å²) < 4.78 is 6.04. The molecule has 1 aromatic carbocycles. The molecule has 0 atom stereocenters. The number of hydrogen-bond acceptors (Lipinski definition) is 5. The quantitative estimate of drug-likeness (QED) is 0.785. The summed E-state index contributed by atoms with van der Waals surface area (Å²) in [6, 6.07) is 9.84. The molecule has 0 saturated heterocycles. The number of aryl methyl sites for hydroxylation is 1. The number of ether oxygens (including phenoxy) is 1. The van der Waals surface area contributed by atoms with Crippen molar-refractivity contribution >= 4 is 33.3 Å². The van der Waals surface area contributed by atoms with Gasteiger partial charge in [0, 0.05) is 22.9 Å². The van der Waals surface area contributed by atoms with E-state index in [1.54, 1.807) is 6.20 Å². The number of para-hydroxylation sites is 1. The van der Waals surface area contributed by atoms with Crippen LogP contribution < -0.4 is 10.1 Å². The normalized spacial score (nSPS) is 19.7. The minimum absolute atomic E-state index is 0.0119. The maximum absolute atomic E-state index is 12.2. The molecule has 5 nitrogen and oxygen atoms in total. The Morgan fingerprint density at radius 2 is 2.12 bits per heavy atom. The molecule has 0 aliphatic heterocycles. The number of anilines is 1. The van der Waals surface area contributed by atoms with Crippen molar-refractivity contribution in [1.82, 2.24) is 9.97 Å². The van der Waals surface area contributed by atoms with Gasteiger partial charge in [0.1, 0.15) is 17.4 Å². The summed E-state index contributed by atoms with van der Waals surface area (Å²) in [6.07, 6.45) is 3.27. The van der Waals surface area contributed by atoms with E-state index in [0.29, 0.717) is 5.13 Å². The molecule has 0 bridgehead atoms. The van der Waals surface area contributed by atoms with E-state index in [0.717, 1.165) is 35.2 Å². The molecule has 0 spiro atoms. The van der Waals surface area contributed by atoms with Crippen molar-refractivity contribution in [3.05, 3.63) is 47.6 Å². The van der Waals surface area contributed by atoms with Crippen molar-refractivity contribution in [3.8, 4) is 5.75 Å². The van der Waals surface area contributed by atoms with E-state index in [-0.39, 0.29) is 17.9 Å². The monoisotopic (exact) mass is 339 g/mol. The number of fused-ring (bicyclic) bond motifs is 1. The fourth-order valence-corrected chi connectivity index (χ4v) is 3.54. The van der Waals surface area contributed by atoms with Crippen LogP contribution in [0.15, 0.2) is 41.9 Å². The maximum Gasteiger partial charge on any atom is 0.229 e. The SMILES string of the molecule is Cc1csc(NC(=O)C2CC(Oc3cccc4cccnc34)C2)n1. The summed E-state index contributed by atoms with van der Waals surface area (Å²) in [5.74, 6) is 0.801. The van der Waals surface area contributed by atoms with E-state index in [1.807, 2.05) is 42.6 Å². The number of pyridine rings is 1. The fraction of sp³-hybridized carbons (Fsp3) is 0.278. The molecule has 1 aliphatic carbocycles. The number of rotatable bonds is 4. The molecular weight excluding hydrogens is 322 g/mol. The first-order valence-electron chi connectivity index (χ1n) is 7.92. The first-order valence-corrected chi connectivity index (χ1v) is 8.80. The fourth-order valence-electron chi connectivity index (χ4n) is 2.85. The minimum atomic E-state index is -0.0119. The lowest BCUT2D eigenvalue weighted by Gasteiger charge is -2.34. The number of nitrogens with one attached hydrogen (secondary N) is 1. The molecule has 24 heavy (non-hydrogen) atoms. The van der Waals surface area contributed by atoms with Crippen LogP contribution in [0.3, 0.4) is 0 Å². The molecule has 4 rings (SSSR count). The number of carbonyl (C=O) groups is 1. The smallest absolute Gasteiger partial charge is 0.229 e.